The summed E-state index contributed by atoms with van der Waals surface area (Å²) in [7, 11) is 0. The van der Waals surface area contributed by atoms with Crippen LogP contribution >= 0.6 is 11.3 Å². The molecular weight excluding hydrogens is 394 g/mol. The van der Waals surface area contributed by atoms with Gasteiger partial charge in [0, 0.05) is 18.0 Å². The Morgan fingerprint density at radius 2 is 1.47 bits per heavy atom. The van der Waals surface area contributed by atoms with Crippen LogP contribution in [-0.2, 0) is 35.5 Å². The molecule has 0 spiro atoms. The topological polar surface area (TPSA) is 46.6 Å². The van der Waals surface area contributed by atoms with Crippen LogP contribution in [0.2, 0.25) is 0 Å². The highest BCUT2D eigenvalue weighted by Gasteiger charge is 2.21. The van der Waals surface area contributed by atoms with Crippen molar-refractivity contribution in [3.05, 3.63) is 93.2 Å². The zero-order valence-corrected chi connectivity index (χ0v) is 17.7. The van der Waals surface area contributed by atoms with Gasteiger partial charge in [0.1, 0.15) is 4.88 Å². The Labute approximate surface area is 181 Å². The summed E-state index contributed by atoms with van der Waals surface area (Å²) in [5.74, 6) is -0.598. The Balaban J connectivity index is 1.41. The van der Waals surface area contributed by atoms with Crippen molar-refractivity contribution < 1.29 is 14.3 Å². The minimum atomic E-state index is -0.401. The molecule has 1 heterocycles. The highest BCUT2D eigenvalue weighted by Crippen LogP contribution is 2.30. The van der Waals surface area contributed by atoms with Gasteiger partial charge in [-0.1, -0.05) is 60.7 Å². The molecule has 154 valence electrons. The summed E-state index contributed by atoms with van der Waals surface area (Å²) in [6.45, 7) is 0.694. The fourth-order valence-electron chi connectivity index (χ4n) is 3.72. The van der Waals surface area contributed by atoms with Crippen LogP contribution in [0.1, 0.15) is 44.1 Å². The average Bonchev–Trinajstić information content (AvgIpc) is 3.23. The highest BCUT2D eigenvalue weighted by molar-refractivity contribution is 7.14. The molecule has 0 atom stereocenters. The van der Waals surface area contributed by atoms with Gasteiger partial charge in [-0.3, -0.25) is 4.79 Å². The highest BCUT2D eigenvalue weighted by atomic mass is 32.1. The van der Waals surface area contributed by atoms with Crippen LogP contribution in [0.4, 0.5) is 0 Å². The number of esters is 1. The molecule has 30 heavy (non-hydrogen) atoms. The minimum Gasteiger partial charge on any atom is -0.451 e. The van der Waals surface area contributed by atoms with Crippen LogP contribution in [0.15, 0.2) is 66.7 Å². The first kappa shape index (κ1) is 20.4. The van der Waals surface area contributed by atoms with Gasteiger partial charge in [0.15, 0.2) is 6.61 Å². The zero-order chi connectivity index (χ0) is 20.8. The summed E-state index contributed by atoms with van der Waals surface area (Å²) < 4.78 is 5.40. The summed E-state index contributed by atoms with van der Waals surface area (Å²) >= 11 is 1.51. The smallest absolute Gasteiger partial charge is 0.348 e. The van der Waals surface area contributed by atoms with E-state index in [1.807, 2.05) is 66.7 Å². The predicted molar refractivity (Wildman–Crippen MR) is 118 cm³/mol. The molecule has 5 heteroatoms. The van der Waals surface area contributed by atoms with Crippen molar-refractivity contribution >= 4 is 23.2 Å². The maximum Gasteiger partial charge on any atom is 0.348 e. The number of aryl methyl sites for hydroxylation is 2. The van der Waals surface area contributed by atoms with Crippen molar-refractivity contribution in [1.29, 1.82) is 0 Å². The molecule has 0 bridgehead atoms. The Hall–Kier alpha value is -2.92. The molecule has 1 amide bonds. The van der Waals surface area contributed by atoms with Crippen LogP contribution in [0.25, 0.3) is 0 Å². The van der Waals surface area contributed by atoms with Crippen molar-refractivity contribution in [2.45, 2.75) is 38.8 Å². The monoisotopic (exact) mass is 419 g/mol. The number of carbonyl (C=O) groups is 2. The van der Waals surface area contributed by atoms with Gasteiger partial charge < -0.3 is 9.64 Å². The number of hydrogen-bond acceptors (Lipinski definition) is 4. The molecule has 0 radical (unpaired) electrons. The van der Waals surface area contributed by atoms with Crippen molar-refractivity contribution in [3.8, 4) is 0 Å². The van der Waals surface area contributed by atoms with Gasteiger partial charge in [-0.15, -0.1) is 11.3 Å². The molecule has 4 rings (SSSR count). The summed E-state index contributed by atoms with van der Waals surface area (Å²) in [4.78, 5) is 29.1. The molecule has 1 aromatic heterocycles. The molecule has 0 saturated heterocycles. The SMILES string of the molecule is O=C(OCC(=O)N(Cc1ccccc1)Cc1ccccc1)c1cc2c(s1)CCCC2. The van der Waals surface area contributed by atoms with E-state index in [0.29, 0.717) is 18.0 Å². The van der Waals surface area contributed by atoms with E-state index in [0.717, 1.165) is 24.0 Å². The normalized spacial score (nSPS) is 12.8. The van der Waals surface area contributed by atoms with Crippen LogP contribution in [0.5, 0.6) is 0 Å². The van der Waals surface area contributed by atoms with E-state index in [1.165, 1.54) is 34.6 Å². The van der Waals surface area contributed by atoms with Crippen LogP contribution in [-0.4, -0.2) is 23.4 Å². The van der Waals surface area contributed by atoms with E-state index in [1.54, 1.807) is 4.90 Å². The minimum absolute atomic E-state index is 0.197. The molecule has 0 N–H and O–H groups in total. The molecule has 3 aromatic rings. The van der Waals surface area contributed by atoms with Gasteiger partial charge >= 0.3 is 5.97 Å². The first-order valence-corrected chi connectivity index (χ1v) is 11.1. The van der Waals surface area contributed by atoms with Gasteiger partial charge in [-0.05, 0) is 48.4 Å². The second kappa shape index (κ2) is 9.72. The lowest BCUT2D eigenvalue weighted by Crippen LogP contribution is -2.33. The van der Waals surface area contributed by atoms with Gasteiger partial charge in [0.05, 0.1) is 0 Å². The van der Waals surface area contributed by atoms with Crippen molar-refractivity contribution in [2.24, 2.45) is 0 Å². The van der Waals surface area contributed by atoms with E-state index < -0.39 is 5.97 Å². The first-order chi connectivity index (χ1) is 14.7. The summed E-state index contributed by atoms with van der Waals surface area (Å²) in [6, 6.07) is 21.7. The van der Waals surface area contributed by atoms with Crippen molar-refractivity contribution in [3.63, 3.8) is 0 Å². The van der Waals surface area contributed by atoms with Crippen LogP contribution < -0.4 is 0 Å². The number of fused-ring (bicyclic) bond motifs is 1. The number of carbonyl (C=O) groups excluding carboxylic acids is 2. The summed E-state index contributed by atoms with van der Waals surface area (Å²) in [6.07, 6.45) is 4.41. The molecule has 0 saturated carbocycles. The molecule has 1 aliphatic rings. The van der Waals surface area contributed by atoms with Gasteiger partial charge in [-0.25, -0.2) is 4.79 Å². The third-order valence-corrected chi connectivity index (χ3v) is 6.53. The lowest BCUT2D eigenvalue weighted by molar-refractivity contribution is -0.135. The largest absolute Gasteiger partial charge is 0.451 e. The Morgan fingerprint density at radius 3 is 2.07 bits per heavy atom. The summed E-state index contributed by atoms with van der Waals surface area (Å²) in [5.41, 5.74) is 3.34. The predicted octanol–water partition coefficient (Wildman–Crippen LogP) is 5.01. The number of rotatable bonds is 7. The van der Waals surface area contributed by atoms with E-state index in [2.05, 4.69) is 0 Å². The number of benzene rings is 2. The van der Waals surface area contributed by atoms with Crippen molar-refractivity contribution in [2.75, 3.05) is 6.61 Å². The number of ether oxygens (including phenoxy) is 1. The standard InChI is InChI=1S/C25H25NO3S/c27-24(18-29-25(28)23-15-21-13-7-8-14-22(21)30-23)26(16-19-9-3-1-4-10-19)17-20-11-5-2-6-12-20/h1-6,9-12,15H,7-8,13-14,16-18H2. The van der Waals surface area contributed by atoms with Crippen LogP contribution in [0.3, 0.4) is 0 Å². The fourth-order valence-corrected chi connectivity index (χ4v) is 4.87. The van der Waals surface area contributed by atoms with Gasteiger partial charge in [0.25, 0.3) is 5.91 Å². The van der Waals surface area contributed by atoms with E-state index in [9.17, 15) is 9.59 Å². The van der Waals surface area contributed by atoms with Crippen molar-refractivity contribution in [1.82, 2.24) is 4.90 Å². The van der Waals surface area contributed by atoms with E-state index >= 15 is 0 Å². The number of thiophene rings is 1. The molecule has 4 nitrogen and oxygen atoms in total. The number of amides is 1. The second-order valence-corrected chi connectivity index (χ2v) is 8.70. The quantitative estimate of drug-likeness (QED) is 0.506. The molecule has 0 fully saturated rings. The average molecular weight is 420 g/mol. The Kier molecular flexibility index (Phi) is 6.60. The molecule has 2 aromatic carbocycles. The zero-order valence-electron chi connectivity index (χ0n) is 16.9. The van der Waals surface area contributed by atoms with Gasteiger partial charge in [-0.2, -0.15) is 0 Å². The molecule has 0 unspecified atom stereocenters. The molecular formula is C25H25NO3S. The molecule has 0 aliphatic heterocycles. The maximum atomic E-state index is 12.9. The van der Waals surface area contributed by atoms with E-state index in [-0.39, 0.29) is 12.5 Å². The Bertz CT molecular complexity index is 933. The Morgan fingerprint density at radius 1 is 0.867 bits per heavy atom. The lowest BCUT2D eigenvalue weighted by Gasteiger charge is -2.23. The second-order valence-electron chi connectivity index (χ2n) is 7.56. The third kappa shape index (κ3) is 5.16. The van der Waals surface area contributed by atoms with Gasteiger partial charge in [0.2, 0.25) is 0 Å². The summed E-state index contributed by atoms with van der Waals surface area (Å²) in [5, 5.41) is 0. The first-order valence-electron chi connectivity index (χ1n) is 10.3. The molecule has 1 aliphatic carbocycles. The lowest BCUT2D eigenvalue weighted by atomic mass is 9.99. The maximum absolute atomic E-state index is 12.9. The third-order valence-electron chi connectivity index (χ3n) is 5.31. The van der Waals surface area contributed by atoms with E-state index in [4.69, 9.17) is 4.74 Å². The van der Waals surface area contributed by atoms with Crippen LogP contribution in [0, 0.1) is 0 Å². The number of hydrogen-bond donors (Lipinski definition) is 0. The fraction of sp³-hybridized carbons (Fsp3) is 0.280. The number of nitrogens with zero attached hydrogens (tertiary/aromatic N) is 1.